The van der Waals surface area contributed by atoms with Crippen LogP contribution in [0.5, 0.6) is 0 Å². The molecule has 0 fully saturated rings. The van der Waals surface area contributed by atoms with Crippen LogP contribution in [-0.2, 0) is 11.2 Å². The van der Waals surface area contributed by atoms with Gasteiger partial charge in [-0.1, -0.05) is 54.6 Å². The zero-order valence-corrected chi connectivity index (χ0v) is 17.9. The highest BCUT2D eigenvalue weighted by Crippen LogP contribution is 2.23. The van der Waals surface area contributed by atoms with E-state index in [9.17, 15) is 14.7 Å². The summed E-state index contributed by atoms with van der Waals surface area (Å²) in [6.45, 7) is 3.80. The van der Waals surface area contributed by atoms with Gasteiger partial charge in [0, 0.05) is 17.0 Å². The van der Waals surface area contributed by atoms with E-state index in [0.29, 0.717) is 5.69 Å². The zero-order valence-electron chi connectivity index (χ0n) is 17.9. The van der Waals surface area contributed by atoms with Gasteiger partial charge in [-0.25, -0.2) is 10.2 Å². The number of benzene rings is 3. The normalized spacial score (nSPS) is 11.2. The minimum Gasteiger partial charge on any atom is -0.478 e. The third kappa shape index (κ3) is 4.16. The second kappa shape index (κ2) is 8.89. The van der Waals surface area contributed by atoms with Crippen molar-refractivity contribution >= 4 is 28.9 Å². The highest BCUT2D eigenvalue weighted by molar-refractivity contribution is 5.93. The van der Waals surface area contributed by atoms with Crippen LogP contribution in [0.3, 0.4) is 0 Å². The summed E-state index contributed by atoms with van der Waals surface area (Å²) >= 11 is 0. The molecule has 6 nitrogen and oxygen atoms in total. The Morgan fingerprint density at radius 2 is 1.72 bits per heavy atom. The highest BCUT2D eigenvalue weighted by Gasteiger charge is 2.16. The Morgan fingerprint density at radius 3 is 2.53 bits per heavy atom. The molecule has 32 heavy (non-hydrogen) atoms. The van der Waals surface area contributed by atoms with Gasteiger partial charge in [-0.3, -0.25) is 4.79 Å². The lowest BCUT2D eigenvalue weighted by Gasteiger charge is -2.12. The lowest BCUT2D eigenvalue weighted by atomic mass is 10.0. The molecule has 0 aliphatic heterocycles. The Bertz CT molecular complexity index is 1350. The average molecular weight is 425 g/mol. The molecule has 1 aromatic heterocycles. The van der Waals surface area contributed by atoms with Gasteiger partial charge in [-0.05, 0) is 48.4 Å². The van der Waals surface area contributed by atoms with Crippen molar-refractivity contribution in [3.05, 3.63) is 101 Å². The van der Waals surface area contributed by atoms with Crippen molar-refractivity contribution in [2.45, 2.75) is 20.3 Å². The van der Waals surface area contributed by atoms with Gasteiger partial charge in [-0.15, -0.1) is 0 Å². The van der Waals surface area contributed by atoms with Crippen LogP contribution >= 0.6 is 0 Å². The Labute approximate surface area is 185 Å². The van der Waals surface area contributed by atoms with Crippen molar-refractivity contribution in [3.8, 4) is 5.69 Å². The molecule has 6 heteroatoms. The summed E-state index contributed by atoms with van der Waals surface area (Å²) in [5, 5.41) is 15.8. The molecule has 1 heterocycles. The van der Waals surface area contributed by atoms with E-state index in [-0.39, 0.29) is 17.9 Å². The van der Waals surface area contributed by atoms with Gasteiger partial charge in [0.25, 0.3) is 0 Å². The molecule has 3 aromatic carbocycles. The van der Waals surface area contributed by atoms with E-state index in [4.69, 9.17) is 0 Å². The number of hydrogen-bond acceptors (Lipinski definition) is 3. The number of carbonyl (C=O) groups excluding carboxylic acids is 1. The second-order valence-electron chi connectivity index (χ2n) is 7.59. The van der Waals surface area contributed by atoms with Gasteiger partial charge < -0.3 is 9.67 Å². The van der Waals surface area contributed by atoms with Gasteiger partial charge in [0.2, 0.25) is 5.91 Å². The lowest BCUT2D eigenvalue weighted by molar-refractivity contribution is -0.120. The maximum absolute atomic E-state index is 12.4. The monoisotopic (exact) mass is 425 g/mol. The van der Waals surface area contributed by atoms with Crippen molar-refractivity contribution in [2.75, 3.05) is 0 Å². The van der Waals surface area contributed by atoms with Crippen LogP contribution in [0.2, 0.25) is 0 Å². The summed E-state index contributed by atoms with van der Waals surface area (Å²) in [7, 11) is 0. The van der Waals surface area contributed by atoms with Crippen molar-refractivity contribution in [3.63, 3.8) is 0 Å². The van der Waals surface area contributed by atoms with Crippen LogP contribution in [0.4, 0.5) is 0 Å². The molecule has 160 valence electrons. The summed E-state index contributed by atoms with van der Waals surface area (Å²) < 4.78 is 1.88. The molecule has 4 aromatic rings. The lowest BCUT2D eigenvalue weighted by Crippen LogP contribution is -2.20. The number of carboxylic acids is 1. The van der Waals surface area contributed by atoms with E-state index in [1.165, 1.54) is 0 Å². The molecule has 0 aliphatic carbocycles. The predicted octanol–water partition coefficient (Wildman–Crippen LogP) is 4.64. The van der Waals surface area contributed by atoms with E-state index in [1.807, 2.05) is 73.0 Å². The molecule has 0 radical (unpaired) electrons. The summed E-state index contributed by atoms with van der Waals surface area (Å²) in [5.74, 6) is -1.19. The largest absolute Gasteiger partial charge is 0.478 e. The molecular weight excluding hydrogens is 402 g/mol. The standard InChI is InChI=1S/C26H23N3O3/c1-17-14-21(18(2)29(17)24-13-6-5-12-23(24)26(31)32)16-27-28-25(30)15-20-10-7-9-19-8-3-4-11-22(19)20/h3-14,16H,15H2,1-2H3,(H,28,30)(H,31,32)/b27-16-. The highest BCUT2D eigenvalue weighted by atomic mass is 16.4. The maximum atomic E-state index is 12.4. The first-order valence-electron chi connectivity index (χ1n) is 10.3. The fourth-order valence-electron chi connectivity index (χ4n) is 3.97. The Kier molecular flexibility index (Phi) is 5.85. The number of fused-ring (bicyclic) bond motifs is 1. The number of nitrogens with one attached hydrogen (secondary N) is 1. The number of hydrogen-bond donors (Lipinski definition) is 2. The van der Waals surface area contributed by atoms with Crippen molar-refractivity contribution in [1.82, 2.24) is 9.99 Å². The SMILES string of the molecule is Cc1cc(/C=N\NC(=O)Cc2cccc3ccccc23)c(C)n1-c1ccccc1C(=O)O. The van der Waals surface area contributed by atoms with Gasteiger partial charge in [-0.2, -0.15) is 5.10 Å². The first-order valence-corrected chi connectivity index (χ1v) is 10.3. The number of rotatable bonds is 6. The first-order chi connectivity index (χ1) is 15.5. The molecule has 4 rings (SSSR count). The third-order valence-electron chi connectivity index (χ3n) is 5.47. The molecule has 1 amide bonds. The first kappa shape index (κ1) is 21.1. The quantitative estimate of drug-likeness (QED) is 0.349. The fraction of sp³-hybridized carbons (Fsp3) is 0.115. The van der Waals surface area contributed by atoms with Crippen molar-refractivity contribution in [2.24, 2.45) is 5.10 Å². The number of carboxylic acid groups (broad SMARTS) is 1. The number of aromatic carboxylic acids is 1. The summed E-state index contributed by atoms with van der Waals surface area (Å²) in [6.07, 6.45) is 1.81. The molecule has 0 bridgehead atoms. The summed E-state index contributed by atoms with van der Waals surface area (Å²) in [6, 6.07) is 22.6. The number of aryl methyl sites for hydroxylation is 1. The van der Waals surface area contributed by atoms with Crippen molar-refractivity contribution in [1.29, 1.82) is 0 Å². The van der Waals surface area contributed by atoms with Crippen LogP contribution in [-0.4, -0.2) is 27.8 Å². The van der Waals surface area contributed by atoms with E-state index in [0.717, 1.165) is 33.3 Å². The number of amides is 1. The Morgan fingerprint density at radius 1 is 1.00 bits per heavy atom. The van der Waals surface area contributed by atoms with E-state index in [2.05, 4.69) is 10.5 Å². The summed E-state index contributed by atoms with van der Waals surface area (Å²) in [5.41, 5.74) is 6.87. The summed E-state index contributed by atoms with van der Waals surface area (Å²) in [4.78, 5) is 24.1. The third-order valence-corrected chi connectivity index (χ3v) is 5.47. The van der Waals surface area contributed by atoms with Crippen LogP contribution < -0.4 is 5.43 Å². The smallest absolute Gasteiger partial charge is 0.337 e. The number of para-hydroxylation sites is 1. The van der Waals surface area contributed by atoms with E-state index in [1.54, 1.807) is 24.4 Å². The molecule has 0 saturated heterocycles. The maximum Gasteiger partial charge on any atom is 0.337 e. The van der Waals surface area contributed by atoms with Gasteiger partial charge in [0.05, 0.1) is 23.9 Å². The second-order valence-corrected chi connectivity index (χ2v) is 7.59. The van der Waals surface area contributed by atoms with Gasteiger partial charge in [0.15, 0.2) is 0 Å². The number of aromatic nitrogens is 1. The number of hydrazone groups is 1. The van der Waals surface area contributed by atoms with Gasteiger partial charge >= 0.3 is 5.97 Å². The Balaban J connectivity index is 1.52. The molecule has 0 unspecified atom stereocenters. The van der Waals surface area contributed by atoms with Crippen LogP contribution in [0.25, 0.3) is 16.5 Å². The fourth-order valence-corrected chi connectivity index (χ4v) is 3.97. The minimum atomic E-state index is -0.982. The average Bonchev–Trinajstić information content (AvgIpc) is 3.07. The molecule has 0 aliphatic rings. The van der Waals surface area contributed by atoms with Crippen LogP contribution in [0.15, 0.2) is 77.9 Å². The van der Waals surface area contributed by atoms with Crippen molar-refractivity contribution < 1.29 is 14.7 Å². The zero-order chi connectivity index (χ0) is 22.7. The number of nitrogens with zero attached hydrogens (tertiary/aromatic N) is 2. The van der Waals surface area contributed by atoms with Crippen LogP contribution in [0.1, 0.15) is 32.9 Å². The predicted molar refractivity (Wildman–Crippen MR) is 126 cm³/mol. The molecule has 0 spiro atoms. The molecule has 0 saturated carbocycles. The van der Waals surface area contributed by atoms with E-state index >= 15 is 0 Å². The minimum absolute atomic E-state index is 0.206. The molecular formula is C26H23N3O3. The van der Waals surface area contributed by atoms with E-state index < -0.39 is 5.97 Å². The molecule has 2 N–H and O–H groups in total. The Hall–Kier alpha value is -4.19. The topological polar surface area (TPSA) is 83.7 Å². The van der Waals surface area contributed by atoms with Crippen LogP contribution in [0, 0.1) is 13.8 Å². The number of carbonyl (C=O) groups is 2. The molecule has 0 atom stereocenters. The van der Waals surface area contributed by atoms with Gasteiger partial charge in [0.1, 0.15) is 0 Å².